The van der Waals surface area contributed by atoms with E-state index in [1.807, 2.05) is 49.4 Å². The molecule has 1 atom stereocenters. The molecular weight excluding hydrogens is 298 g/mol. The third-order valence-corrected chi connectivity index (χ3v) is 3.93. The largest absolute Gasteiger partial charge is 0.334 e. The third kappa shape index (κ3) is 3.18. The molecule has 0 fully saturated rings. The fourth-order valence-corrected chi connectivity index (χ4v) is 2.49. The number of fused-ring (bicyclic) bond motifs is 1. The molecule has 2 aromatic carbocycles. The second-order valence-corrected chi connectivity index (χ2v) is 5.76. The Morgan fingerprint density at radius 2 is 1.91 bits per heavy atom. The molecule has 3 rings (SSSR count). The van der Waals surface area contributed by atoms with E-state index in [1.54, 1.807) is 6.07 Å². The average Bonchev–Trinajstić information content (AvgIpc) is 2.54. The van der Waals surface area contributed by atoms with E-state index < -0.39 is 0 Å². The minimum atomic E-state index is -0.0904. The minimum Gasteiger partial charge on any atom is -0.334 e. The summed E-state index contributed by atoms with van der Waals surface area (Å²) in [5, 5.41) is 3.49. The number of aromatic amines is 1. The van der Waals surface area contributed by atoms with Gasteiger partial charge in [-0.2, -0.15) is 0 Å². The van der Waals surface area contributed by atoms with Crippen molar-refractivity contribution in [2.45, 2.75) is 19.5 Å². The van der Waals surface area contributed by atoms with Crippen LogP contribution < -0.4 is 10.9 Å². The summed E-state index contributed by atoms with van der Waals surface area (Å²) in [6.45, 7) is 2.83. The maximum atomic E-state index is 12.1. The normalized spacial score (nSPS) is 12.5. The number of benzene rings is 2. The number of halogens is 1. The highest BCUT2D eigenvalue weighted by Crippen LogP contribution is 2.10. The third-order valence-electron chi connectivity index (χ3n) is 3.68. The molecule has 0 saturated carbocycles. The van der Waals surface area contributed by atoms with Crippen molar-refractivity contribution in [3.05, 3.63) is 75.3 Å². The fourth-order valence-electron chi connectivity index (χ4n) is 2.37. The molecule has 4 nitrogen and oxygen atoms in total. The van der Waals surface area contributed by atoms with E-state index in [4.69, 9.17) is 11.6 Å². The average molecular weight is 315 g/mol. The molecule has 1 heterocycles. The Kier molecular flexibility index (Phi) is 4.22. The van der Waals surface area contributed by atoms with E-state index in [2.05, 4.69) is 15.3 Å². The van der Waals surface area contributed by atoms with Gasteiger partial charge in [-0.25, -0.2) is 4.98 Å². The van der Waals surface area contributed by atoms with Crippen LogP contribution in [0.2, 0.25) is 5.02 Å². The van der Waals surface area contributed by atoms with Crippen LogP contribution in [0.5, 0.6) is 0 Å². The summed E-state index contributed by atoms with van der Waals surface area (Å²) >= 11 is 5.88. The zero-order valence-corrected chi connectivity index (χ0v) is 13.0. The first-order valence-electron chi connectivity index (χ1n) is 7.20. The van der Waals surface area contributed by atoms with E-state index in [0.717, 1.165) is 17.1 Å². The summed E-state index contributed by atoms with van der Waals surface area (Å²) in [6.07, 6.45) is 0. The van der Waals surface area contributed by atoms with Gasteiger partial charge >= 0.3 is 0 Å². The molecule has 0 unspecified atom stereocenters. The van der Waals surface area contributed by atoms with Gasteiger partial charge in [0.25, 0.3) is 5.56 Å². The predicted octanol–water partition coefficient (Wildman–Crippen LogP) is 2.40. The fraction of sp³-hybridized carbons (Fsp3) is 0.176. The van der Waals surface area contributed by atoms with E-state index in [-0.39, 0.29) is 11.6 Å². The first-order valence-corrected chi connectivity index (χ1v) is 7.58. The van der Waals surface area contributed by atoms with Gasteiger partial charge in [0, 0.05) is 10.6 Å². The minimum absolute atomic E-state index is 0.0629. The van der Waals surface area contributed by atoms with Gasteiger partial charge in [0.05, 0.1) is 10.9 Å². The van der Waals surface area contributed by atoms with E-state index in [0.29, 0.717) is 11.2 Å². The standard InChI is InChI=1S/C17H16ClN3O/c1-11(19-10-12-6-8-13(18)9-7-12)16-20-15-5-3-2-4-14(15)17(22)21-16/h2-9,11,19H,10H2,1H3,(H,20,21,22)/p+1/t11-/m1/s1. The lowest BCUT2D eigenvalue weighted by molar-refractivity contribution is -0.709. The van der Waals surface area contributed by atoms with Crippen LogP contribution in [0.25, 0.3) is 10.9 Å². The molecule has 0 saturated heterocycles. The number of rotatable bonds is 4. The maximum Gasteiger partial charge on any atom is 0.258 e. The molecule has 3 N–H and O–H groups in total. The van der Waals surface area contributed by atoms with Gasteiger partial charge in [0.2, 0.25) is 0 Å². The predicted molar refractivity (Wildman–Crippen MR) is 87.9 cm³/mol. The van der Waals surface area contributed by atoms with Gasteiger partial charge in [-0.3, -0.25) is 4.79 Å². The molecule has 5 heteroatoms. The number of hydrogen-bond acceptors (Lipinski definition) is 2. The summed E-state index contributed by atoms with van der Waals surface area (Å²) in [4.78, 5) is 19.5. The molecule has 0 spiro atoms. The van der Waals surface area contributed by atoms with Crippen LogP contribution in [0, 0.1) is 0 Å². The lowest BCUT2D eigenvalue weighted by Gasteiger charge is -2.11. The van der Waals surface area contributed by atoms with Crippen molar-refractivity contribution >= 4 is 22.5 Å². The van der Waals surface area contributed by atoms with Crippen LogP contribution >= 0.6 is 11.6 Å². The second-order valence-electron chi connectivity index (χ2n) is 5.32. The van der Waals surface area contributed by atoms with Gasteiger partial charge in [0.15, 0.2) is 5.82 Å². The Labute approximate surface area is 133 Å². The van der Waals surface area contributed by atoms with Gasteiger partial charge in [-0.15, -0.1) is 0 Å². The number of hydrogen-bond donors (Lipinski definition) is 2. The SMILES string of the molecule is C[C@@H]([NH2+]Cc1ccc(Cl)cc1)c1nc2ccccc2c(=O)[nH]1. The molecule has 0 amide bonds. The molecule has 22 heavy (non-hydrogen) atoms. The molecule has 0 aliphatic rings. The van der Waals surface area contributed by atoms with E-state index in [9.17, 15) is 4.79 Å². The van der Waals surface area contributed by atoms with Crippen LogP contribution in [0.4, 0.5) is 0 Å². The van der Waals surface area contributed by atoms with Crippen molar-refractivity contribution in [2.24, 2.45) is 0 Å². The van der Waals surface area contributed by atoms with Crippen molar-refractivity contribution in [3.63, 3.8) is 0 Å². The summed E-state index contributed by atoms with van der Waals surface area (Å²) in [6, 6.07) is 15.2. The molecule has 0 aliphatic carbocycles. The number of nitrogens with two attached hydrogens (primary N) is 1. The van der Waals surface area contributed by atoms with Gasteiger partial charge in [-0.05, 0) is 31.2 Å². The lowest BCUT2D eigenvalue weighted by Crippen LogP contribution is -2.83. The summed E-state index contributed by atoms with van der Waals surface area (Å²) < 4.78 is 0. The van der Waals surface area contributed by atoms with Gasteiger partial charge in [-0.1, -0.05) is 35.9 Å². The first-order chi connectivity index (χ1) is 10.6. The molecule has 1 aromatic heterocycles. The molecule has 3 aromatic rings. The van der Waals surface area contributed by atoms with Gasteiger partial charge in [0.1, 0.15) is 12.6 Å². The number of H-pyrrole nitrogens is 1. The van der Waals surface area contributed by atoms with Crippen molar-refractivity contribution in [1.82, 2.24) is 9.97 Å². The second kappa shape index (κ2) is 6.30. The van der Waals surface area contributed by atoms with Crippen LogP contribution in [0.3, 0.4) is 0 Å². The number of para-hydroxylation sites is 1. The van der Waals surface area contributed by atoms with Crippen LogP contribution in [0.1, 0.15) is 24.4 Å². The highest BCUT2D eigenvalue weighted by atomic mass is 35.5. The number of nitrogens with one attached hydrogen (secondary N) is 1. The van der Waals surface area contributed by atoms with Crippen molar-refractivity contribution in [1.29, 1.82) is 0 Å². The van der Waals surface area contributed by atoms with E-state index >= 15 is 0 Å². The summed E-state index contributed by atoms with van der Waals surface area (Å²) in [5.74, 6) is 0.692. The number of quaternary nitrogens is 1. The Morgan fingerprint density at radius 1 is 1.18 bits per heavy atom. The molecule has 0 aliphatic heterocycles. The Morgan fingerprint density at radius 3 is 2.68 bits per heavy atom. The smallest absolute Gasteiger partial charge is 0.258 e. The monoisotopic (exact) mass is 314 g/mol. The van der Waals surface area contributed by atoms with Gasteiger partial charge < -0.3 is 10.3 Å². The number of aromatic nitrogens is 2. The zero-order chi connectivity index (χ0) is 15.5. The van der Waals surface area contributed by atoms with Crippen molar-refractivity contribution in [3.8, 4) is 0 Å². The Balaban J connectivity index is 1.78. The number of nitrogens with zero attached hydrogens (tertiary/aromatic N) is 1. The summed E-state index contributed by atoms with van der Waals surface area (Å²) in [7, 11) is 0. The maximum absolute atomic E-state index is 12.1. The van der Waals surface area contributed by atoms with Crippen LogP contribution in [-0.2, 0) is 6.54 Å². The molecule has 0 bridgehead atoms. The van der Waals surface area contributed by atoms with Crippen molar-refractivity contribution < 1.29 is 5.32 Å². The lowest BCUT2D eigenvalue weighted by atomic mass is 10.2. The Bertz CT molecular complexity index is 842. The van der Waals surface area contributed by atoms with Crippen LogP contribution in [0.15, 0.2) is 53.3 Å². The van der Waals surface area contributed by atoms with Crippen LogP contribution in [-0.4, -0.2) is 9.97 Å². The summed E-state index contributed by atoms with van der Waals surface area (Å²) in [5.41, 5.74) is 1.82. The topological polar surface area (TPSA) is 62.4 Å². The van der Waals surface area contributed by atoms with E-state index in [1.165, 1.54) is 5.56 Å². The van der Waals surface area contributed by atoms with Crippen molar-refractivity contribution in [2.75, 3.05) is 0 Å². The molecule has 112 valence electrons. The highest BCUT2D eigenvalue weighted by Gasteiger charge is 2.13. The molecular formula is C17H17ClN3O+. The molecule has 0 radical (unpaired) electrons. The zero-order valence-electron chi connectivity index (χ0n) is 12.2. The first kappa shape index (κ1) is 14.8. The Hall–Kier alpha value is -2.17. The highest BCUT2D eigenvalue weighted by molar-refractivity contribution is 6.30. The quantitative estimate of drug-likeness (QED) is 0.777.